The molecular weight excluding hydrogens is 270 g/mol. The fourth-order valence-electron chi connectivity index (χ4n) is 2.67. The Bertz CT molecular complexity index is 607. The van der Waals surface area contributed by atoms with E-state index in [0.29, 0.717) is 18.5 Å². The Balaban J connectivity index is 1.58. The monoisotopic (exact) mass is 293 g/mol. The molecule has 0 radical (unpaired) electrons. The minimum absolute atomic E-state index is 0.496. The van der Waals surface area contributed by atoms with Gasteiger partial charge in [-0.1, -0.05) is 60.7 Å². The molecule has 3 rings (SSSR count). The first kappa shape index (κ1) is 14.6. The average molecular weight is 293 g/mol. The normalized spacial score (nSPS) is 20.5. The van der Waals surface area contributed by atoms with Gasteiger partial charge in [-0.05, 0) is 24.5 Å². The Hall–Kier alpha value is -2.29. The Morgan fingerprint density at radius 2 is 1.73 bits per heavy atom. The quantitative estimate of drug-likeness (QED) is 0.655. The van der Waals surface area contributed by atoms with Crippen molar-refractivity contribution >= 4 is 5.96 Å². The van der Waals surface area contributed by atoms with Gasteiger partial charge in [0.25, 0.3) is 0 Å². The van der Waals surface area contributed by atoms with E-state index in [2.05, 4.69) is 77.1 Å². The number of nitrogens with zero attached hydrogens (tertiary/aromatic N) is 1. The Morgan fingerprint density at radius 1 is 1.05 bits per heavy atom. The van der Waals surface area contributed by atoms with Crippen LogP contribution in [0.1, 0.15) is 30.4 Å². The highest BCUT2D eigenvalue weighted by Gasteiger charge is 2.38. The van der Waals surface area contributed by atoms with Gasteiger partial charge in [0.1, 0.15) is 0 Å². The van der Waals surface area contributed by atoms with Gasteiger partial charge in [0.2, 0.25) is 0 Å². The van der Waals surface area contributed by atoms with E-state index in [0.717, 1.165) is 12.5 Å². The zero-order chi connectivity index (χ0) is 15.2. The van der Waals surface area contributed by atoms with Crippen LogP contribution in [0.2, 0.25) is 0 Å². The Kier molecular flexibility index (Phi) is 4.74. The molecule has 1 aliphatic carbocycles. The van der Waals surface area contributed by atoms with Crippen LogP contribution in [0.3, 0.4) is 0 Å². The first-order chi connectivity index (χ1) is 10.9. The number of benzene rings is 2. The molecule has 3 heteroatoms. The lowest BCUT2D eigenvalue weighted by atomic mass is 10.1. The SMILES string of the molecule is CCNC(=NCc1ccccc1)NC1CC1c1ccccc1. The van der Waals surface area contributed by atoms with Crippen LogP contribution in [-0.2, 0) is 6.54 Å². The van der Waals surface area contributed by atoms with Gasteiger partial charge in [-0.25, -0.2) is 4.99 Å². The third-order valence-electron chi connectivity index (χ3n) is 3.95. The summed E-state index contributed by atoms with van der Waals surface area (Å²) in [5.41, 5.74) is 2.65. The molecule has 2 aromatic carbocycles. The third-order valence-corrected chi connectivity index (χ3v) is 3.95. The fraction of sp³-hybridized carbons (Fsp3) is 0.316. The molecule has 2 N–H and O–H groups in total. The highest BCUT2D eigenvalue weighted by atomic mass is 15.2. The molecule has 2 atom stereocenters. The van der Waals surface area contributed by atoms with Crippen LogP contribution in [0.4, 0.5) is 0 Å². The number of nitrogens with one attached hydrogen (secondary N) is 2. The standard InChI is InChI=1S/C19H23N3/c1-2-20-19(21-14-15-9-5-3-6-10-15)22-18-13-17(18)16-11-7-4-8-12-16/h3-12,17-18H,2,13-14H2,1H3,(H2,20,21,22). The van der Waals surface area contributed by atoms with E-state index >= 15 is 0 Å². The predicted molar refractivity (Wildman–Crippen MR) is 92.0 cm³/mol. The third kappa shape index (κ3) is 3.88. The van der Waals surface area contributed by atoms with Crippen LogP contribution >= 0.6 is 0 Å². The van der Waals surface area contributed by atoms with Crippen LogP contribution in [0.5, 0.6) is 0 Å². The molecule has 1 saturated carbocycles. The molecule has 0 saturated heterocycles. The largest absolute Gasteiger partial charge is 0.357 e. The second kappa shape index (κ2) is 7.12. The van der Waals surface area contributed by atoms with Crippen molar-refractivity contribution in [1.82, 2.24) is 10.6 Å². The number of guanidine groups is 1. The maximum atomic E-state index is 4.69. The van der Waals surface area contributed by atoms with E-state index in [1.165, 1.54) is 17.5 Å². The van der Waals surface area contributed by atoms with E-state index < -0.39 is 0 Å². The van der Waals surface area contributed by atoms with Gasteiger partial charge in [0.15, 0.2) is 5.96 Å². The molecule has 0 bridgehead atoms. The second-order valence-electron chi connectivity index (χ2n) is 5.68. The summed E-state index contributed by atoms with van der Waals surface area (Å²) in [6.45, 7) is 3.68. The molecule has 0 heterocycles. The maximum Gasteiger partial charge on any atom is 0.191 e. The number of aliphatic imine (C=N–C) groups is 1. The van der Waals surface area contributed by atoms with Crippen LogP contribution in [-0.4, -0.2) is 18.5 Å². The lowest BCUT2D eigenvalue weighted by Gasteiger charge is -2.11. The molecule has 0 aromatic heterocycles. The smallest absolute Gasteiger partial charge is 0.191 e. The maximum absolute atomic E-state index is 4.69. The summed E-state index contributed by atoms with van der Waals surface area (Å²) in [6.07, 6.45) is 1.18. The van der Waals surface area contributed by atoms with Crippen LogP contribution in [0.15, 0.2) is 65.7 Å². The summed E-state index contributed by atoms with van der Waals surface area (Å²) in [7, 11) is 0. The average Bonchev–Trinajstić information content (AvgIpc) is 3.34. The van der Waals surface area contributed by atoms with Crippen molar-refractivity contribution in [3.05, 3.63) is 71.8 Å². The summed E-state index contributed by atoms with van der Waals surface area (Å²) < 4.78 is 0. The van der Waals surface area contributed by atoms with Crippen molar-refractivity contribution in [1.29, 1.82) is 0 Å². The van der Waals surface area contributed by atoms with E-state index in [1.807, 2.05) is 6.07 Å². The molecule has 1 aliphatic rings. The highest BCUT2D eigenvalue weighted by molar-refractivity contribution is 5.80. The van der Waals surface area contributed by atoms with Crippen molar-refractivity contribution in [2.45, 2.75) is 31.8 Å². The van der Waals surface area contributed by atoms with Crippen molar-refractivity contribution in [2.75, 3.05) is 6.54 Å². The number of hydrogen-bond acceptors (Lipinski definition) is 1. The molecule has 3 nitrogen and oxygen atoms in total. The number of rotatable bonds is 5. The van der Waals surface area contributed by atoms with Crippen LogP contribution < -0.4 is 10.6 Å². The van der Waals surface area contributed by atoms with Crippen LogP contribution in [0, 0.1) is 0 Å². The summed E-state index contributed by atoms with van der Waals surface area (Å²) >= 11 is 0. The zero-order valence-electron chi connectivity index (χ0n) is 13.0. The first-order valence-corrected chi connectivity index (χ1v) is 8.00. The minimum atomic E-state index is 0.496. The van der Waals surface area contributed by atoms with Gasteiger partial charge in [0.05, 0.1) is 6.54 Å². The van der Waals surface area contributed by atoms with Crippen molar-refractivity contribution < 1.29 is 0 Å². The molecule has 0 amide bonds. The van der Waals surface area contributed by atoms with Gasteiger partial charge in [-0.3, -0.25) is 0 Å². The lowest BCUT2D eigenvalue weighted by molar-refractivity contribution is 0.795. The highest BCUT2D eigenvalue weighted by Crippen LogP contribution is 2.40. The second-order valence-corrected chi connectivity index (χ2v) is 5.68. The van der Waals surface area contributed by atoms with Gasteiger partial charge < -0.3 is 10.6 Å². The van der Waals surface area contributed by atoms with Gasteiger partial charge >= 0.3 is 0 Å². The molecule has 2 unspecified atom stereocenters. The minimum Gasteiger partial charge on any atom is -0.357 e. The van der Waals surface area contributed by atoms with Gasteiger partial charge in [0, 0.05) is 18.5 Å². The molecule has 114 valence electrons. The van der Waals surface area contributed by atoms with Crippen molar-refractivity contribution in [3.63, 3.8) is 0 Å². The summed E-state index contributed by atoms with van der Waals surface area (Å²) in [5.74, 6) is 1.52. The van der Waals surface area contributed by atoms with Crippen LogP contribution in [0.25, 0.3) is 0 Å². The van der Waals surface area contributed by atoms with E-state index in [1.54, 1.807) is 0 Å². The summed E-state index contributed by atoms with van der Waals surface area (Å²) in [4.78, 5) is 4.69. The first-order valence-electron chi connectivity index (χ1n) is 8.00. The van der Waals surface area contributed by atoms with Gasteiger partial charge in [-0.15, -0.1) is 0 Å². The Labute approximate surface area is 132 Å². The molecule has 0 spiro atoms. The summed E-state index contributed by atoms with van der Waals surface area (Å²) in [6, 6.07) is 21.6. The van der Waals surface area contributed by atoms with Crippen molar-refractivity contribution in [2.24, 2.45) is 4.99 Å². The molecule has 0 aliphatic heterocycles. The molecular formula is C19H23N3. The lowest BCUT2D eigenvalue weighted by Crippen LogP contribution is -2.39. The number of hydrogen-bond donors (Lipinski definition) is 2. The predicted octanol–water partition coefficient (Wildman–Crippen LogP) is 3.30. The Morgan fingerprint density at radius 3 is 2.41 bits per heavy atom. The topological polar surface area (TPSA) is 36.4 Å². The van der Waals surface area contributed by atoms with E-state index in [-0.39, 0.29) is 0 Å². The summed E-state index contributed by atoms with van der Waals surface area (Å²) in [5, 5.41) is 6.88. The molecule has 22 heavy (non-hydrogen) atoms. The van der Waals surface area contributed by atoms with Crippen molar-refractivity contribution in [3.8, 4) is 0 Å². The van der Waals surface area contributed by atoms with Gasteiger partial charge in [-0.2, -0.15) is 0 Å². The van der Waals surface area contributed by atoms with E-state index in [4.69, 9.17) is 0 Å². The zero-order valence-corrected chi connectivity index (χ0v) is 13.0. The fourth-order valence-corrected chi connectivity index (χ4v) is 2.67. The molecule has 2 aromatic rings. The molecule has 1 fully saturated rings. The van der Waals surface area contributed by atoms with E-state index in [9.17, 15) is 0 Å².